The first-order valence-electron chi connectivity index (χ1n) is 12.6. The molecule has 38 heavy (non-hydrogen) atoms. The van der Waals surface area contributed by atoms with E-state index in [0.717, 1.165) is 34.1 Å². The van der Waals surface area contributed by atoms with Crippen LogP contribution < -0.4 is 10.6 Å². The summed E-state index contributed by atoms with van der Waals surface area (Å²) in [5, 5.41) is 8.25. The molecule has 0 saturated carbocycles. The number of hydrogen-bond acceptors (Lipinski definition) is 5. The number of fused-ring (bicyclic) bond motifs is 1. The topological polar surface area (TPSA) is 105 Å². The Morgan fingerprint density at radius 2 is 1.68 bits per heavy atom. The normalized spacial score (nSPS) is 14.1. The molecule has 1 fully saturated rings. The number of nitrogens with zero attached hydrogens (tertiary/aromatic N) is 1. The van der Waals surface area contributed by atoms with Gasteiger partial charge in [0.25, 0.3) is 5.91 Å². The van der Waals surface area contributed by atoms with Crippen molar-refractivity contribution in [1.29, 1.82) is 0 Å². The second-order valence-electron chi connectivity index (χ2n) is 9.28. The molecule has 1 heterocycles. The van der Waals surface area contributed by atoms with E-state index in [1.54, 1.807) is 6.07 Å². The molecule has 0 spiro atoms. The van der Waals surface area contributed by atoms with Gasteiger partial charge in [0.15, 0.2) is 0 Å². The van der Waals surface area contributed by atoms with Crippen molar-refractivity contribution >= 4 is 34.5 Å². The maximum absolute atomic E-state index is 13.2. The van der Waals surface area contributed by atoms with Crippen LogP contribution in [-0.2, 0) is 25.5 Å². The zero-order chi connectivity index (χ0) is 27.1. The number of rotatable bonds is 9. The Hall–Kier alpha value is -4.46. The Labute approximate surface area is 221 Å². The number of likely N-dealkylation sites (tertiary alicyclic amines) is 1. The minimum absolute atomic E-state index is 0.141. The third-order valence-electron chi connectivity index (χ3n) is 6.64. The Morgan fingerprint density at radius 3 is 2.47 bits per heavy atom. The van der Waals surface area contributed by atoms with Gasteiger partial charge in [-0.05, 0) is 41.3 Å². The highest BCUT2D eigenvalue weighted by Gasteiger charge is 2.30. The number of benzene rings is 3. The first-order valence-corrected chi connectivity index (χ1v) is 12.6. The number of carbonyl (C=O) groups excluding carboxylic acids is 4. The summed E-state index contributed by atoms with van der Waals surface area (Å²) in [7, 11) is 1.24. The zero-order valence-corrected chi connectivity index (χ0v) is 21.5. The van der Waals surface area contributed by atoms with Crippen molar-refractivity contribution < 1.29 is 23.9 Å². The highest BCUT2D eigenvalue weighted by molar-refractivity contribution is 5.97. The summed E-state index contributed by atoms with van der Waals surface area (Å²) < 4.78 is 4.47. The van der Waals surface area contributed by atoms with Gasteiger partial charge >= 0.3 is 5.97 Å². The van der Waals surface area contributed by atoms with Crippen molar-refractivity contribution in [2.75, 3.05) is 20.2 Å². The third-order valence-corrected chi connectivity index (χ3v) is 6.64. The van der Waals surface area contributed by atoms with Crippen LogP contribution in [0.3, 0.4) is 0 Å². The number of esters is 1. The lowest BCUT2D eigenvalue weighted by atomic mass is 9.98. The summed E-state index contributed by atoms with van der Waals surface area (Å²) in [6, 6.07) is 21.1. The van der Waals surface area contributed by atoms with Gasteiger partial charge in [-0.1, -0.05) is 60.7 Å². The molecule has 196 valence electrons. The Balaban J connectivity index is 1.30. The number of aryl methyl sites for hydroxylation is 1. The highest BCUT2D eigenvalue weighted by Crippen LogP contribution is 2.24. The average Bonchev–Trinajstić information content (AvgIpc) is 2.91. The monoisotopic (exact) mass is 513 g/mol. The lowest BCUT2D eigenvalue weighted by molar-refractivity contribution is -0.136. The first kappa shape index (κ1) is 26.6. The van der Waals surface area contributed by atoms with E-state index in [4.69, 9.17) is 0 Å². The van der Waals surface area contributed by atoms with Gasteiger partial charge in [0.05, 0.1) is 19.2 Å². The summed E-state index contributed by atoms with van der Waals surface area (Å²) in [6.07, 6.45) is 2.86. The van der Waals surface area contributed by atoms with Gasteiger partial charge in [0.2, 0.25) is 11.8 Å². The fourth-order valence-corrected chi connectivity index (χ4v) is 4.55. The predicted octanol–water partition coefficient (Wildman–Crippen LogP) is 3.32. The summed E-state index contributed by atoms with van der Waals surface area (Å²) in [5.41, 5.74) is 2.39. The maximum Gasteiger partial charge on any atom is 0.330 e. The van der Waals surface area contributed by atoms with Crippen LogP contribution in [0, 0.1) is 0 Å². The van der Waals surface area contributed by atoms with Gasteiger partial charge in [0.1, 0.15) is 0 Å². The Kier molecular flexibility index (Phi) is 8.53. The summed E-state index contributed by atoms with van der Waals surface area (Å²) in [6.45, 7) is 2.72. The standard InChI is InChI=1S/C30H31N3O5/c1-20(24-13-7-10-21-8-3-5-11-25(21)24)31-30(37)26-12-6-4-9-22(26)14-15-27(34)32-23-18-33(19-23)28(35)16-17-29(36)38-2/h3-13,16-17,20,23H,14-15,18-19H2,1-2H3,(H,31,37)(H,32,34)/b17-16+/t20-/m1/s1. The van der Waals surface area contributed by atoms with Crippen LogP contribution in [0.1, 0.15) is 40.9 Å². The van der Waals surface area contributed by atoms with Gasteiger partial charge in [-0.2, -0.15) is 0 Å². The molecule has 1 aliphatic heterocycles. The zero-order valence-electron chi connectivity index (χ0n) is 21.5. The molecule has 0 radical (unpaired) electrons. The molecule has 0 unspecified atom stereocenters. The predicted molar refractivity (Wildman–Crippen MR) is 144 cm³/mol. The number of ether oxygens (including phenoxy) is 1. The summed E-state index contributed by atoms with van der Waals surface area (Å²) >= 11 is 0. The van der Waals surface area contributed by atoms with Crippen LogP contribution in [0.5, 0.6) is 0 Å². The van der Waals surface area contributed by atoms with Crippen LogP contribution >= 0.6 is 0 Å². The van der Waals surface area contributed by atoms with Crippen LogP contribution in [-0.4, -0.2) is 54.8 Å². The average molecular weight is 514 g/mol. The molecule has 1 saturated heterocycles. The van der Waals surface area contributed by atoms with E-state index < -0.39 is 5.97 Å². The highest BCUT2D eigenvalue weighted by atomic mass is 16.5. The number of carbonyl (C=O) groups is 4. The Bertz CT molecular complexity index is 1370. The van der Waals surface area contributed by atoms with Crippen molar-refractivity contribution in [3.8, 4) is 0 Å². The van der Waals surface area contributed by atoms with Gasteiger partial charge in [-0.3, -0.25) is 14.4 Å². The second kappa shape index (κ2) is 12.2. The van der Waals surface area contributed by atoms with Crippen molar-refractivity contribution in [1.82, 2.24) is 15.5 Å². The van der Waals surface area contributed by atoms with Gasteiger partial charge in [-0.15, -0.1) is 0 Å². The van der Waals surface area contributed by atoms with E-state index in [-0.39, 0.29) is 36.2 Å². The second-order valence-corrected chi connectivity index (χ2v) is 9.28. The fourth-order valence-electron chi connectivity index (χ4n) is 4.55. The van der Waals surface area contributed by atoms with Crippen LogP contribution in [0.2, 0.25) is 0 Å². The molecule has 3 amide bonds. The van der Waals surface area contributed by atoms with E-state index in [1.165, 1.54) is 12.0 Å². The van der Waals surface area contributed by atoms with E-state index in [1.807, 2.05) is 49.4 Å². The van der Waals surface area contributed by atoms with E-state index >= 15 is 0 Å². The first-order chi connectivity index (χ1) is 18.4. The van der Waals surface area contributed by atoms with Crippen molar-refractivity contribution in [2.45, 2.75) is 31.8 Å². The minimum Gasteiger partial charge on any atom is -0.466 e. The molecule has 3 aromatic rings. The lowest BCUT2D eigenvalue weighted by Crippen LogP contribution is -2.60. The number of hydrogen-bond donors (Lipinski definition) is 2. The molecule has 8 heteroatoms. The molecule has 1 aliphatic rings. The summed E-state index contributed by atoms with van der Waals surface area (Å²) in [5.74, 6) is -1.24. The molecule has 0 bridgehead atoms. The molecular formula is C30H31N3O5. The molecule has 0 aromatic heterocycles. The Morgan fingerprint density at radius 1 is 0.974 bits per heavy atom. The van der Waals surface area contributed by atoms with Gasteiger partial charge in [-0.25, -0.2) is 4.79 Å². The van der Waals surface area contributed by atoms with E-state index in [9.17, 15) is 19.2 Å². The smallest absolute Gasteiger partial charge is 0.330 e. The van der Waals surface area contributed by atoms with Crippen LogP contribution in [0.15, 0.2) is 78.9 Å². The quantitative estimate of drug-likeness (QED) is 0.337. The minimum atomic E-state index is -0.597. The lowest BCUT2D eigenvalue weighted by Gasteiger charge is -2.39. The van der Waals surface area contributed by atoms with Gasteiger partial charge < -0.3 is 20.3 Å². The summed E-state index contributed by atoms with van der Waals surface area (Å²) in [4.78, 5) is 50.4. The number of amides is 3. The maximum atomic E-state index is 13.2. The van der Waals surface area contributed by atoms with Crippen LogP contribution in [0.25, 0.3) is 10.8 Å². The molecule has 3 aromatic carbocycles. The van der Waals surface area contributed by atoms with Gasteiger partial charge in [0, 0.05) is 37.2 Å². The molecule has 1 atom stereocenters. The third kappa shape index (κ3) is 6.45. The molecule has 4 rings (SSSR count). The molecule has 8 nitrogen and oxygen atoms in total. The number of nitrogens with one attached hydrogen (secondary N) is 2. The van der Waals surface area contributed by atoms with Crippen molar-refractivity contribution in [2.24, 2.45) is 0 Å². The van der Waals surface area contributed by atoms with Crippen molar-refractivity contribution in [3.63, 3.8) is 0 Å². The van der Waals surface area contributed by atoms with E-state index in [0.29, 0.717) is 25.1 Å². The van der Waals surface area contributed by atoms with Crippen LogP contribution in [0.4, 0.5) is 0 Å². The molecular weight excluding hydrogens is 482 g/mol. The molecule has 2 N–H and O–H groups in total. The largest absolute Gasteiger partial charge is 0.466 e. The SMILES string of the molecule is COC(=O)/C=C/C(=O)N1CC(NC(=O)CCc2ccccc2C(=O)N[C@H](C)c2cccc3ccccc23)C1. The molecule has 0 aliphatic carbocycles. The fraction of sp³-hybridized carbons (Fsp3) is 0.267. The number of methoxy groups -OCH3 is 1. The van der Waals surface area contributed by atoms with Crippen molar-refractivity contribution in [3.05, 3.63) is 95.6 Å². The van der Waals surface area contributed by atoms with E-state index in [2.05, 4.69) is 33.6 Å².